The lowest BCUT2D eigenvalue weighted by Gasteiger charge is -2.12. The van der Waals surface area contributed by atoms with Gasteiger partial charge in [0.25, 0.3) is 0 Å². The van der Waals surface area contributed by atoms with Crippen molar-refractivity contribution in [3.63, 3.8) is 0 Å². The highest BCUT2D eigenvalue weighted by atomic mass is 35.5. The van der Waals surface area contributed by atoms with Crippen LogP contribution in [0.4, 0.5) is 13.2 Å². The molecule has 0 amide bonds. The molecule has 2 rings (SSSR count). The molecule has 2 nitrogen and oxygen atoms in total. The van der Waals surface area contributed by atoms with Gasteiger partial charge < -0.3 is 0 Å². The maximum atomic E-state index is 12.8. The number of nitrogens with zero attached hydrogens (tertiary/aromatic N) is 2. The van der Waals surface area contributed by atoms with E-state index in [0.29, 0.717) is 15.6 Å². The predicted octanol–water partition coefficient (Wildman–Crippen LogP) is 4.61. The van der Waals surface area contributed by atoms with Crippen LogP contribution in [-0.4, -0.2) is 9.97 Å². The molecule has 2 aromatic rings. The molecule has 1 aromatic carbocycles. The fourth-order valence-electron chi connectivity index (χ4n) is 1.42. The van der Waals surface area contributed by atoms with E-state index in [4.69, 9.17) is 11.6 Å². The molecule has 0 fully saturated rings. The number of rotatable bonds is 2. The van der Waals surface area contributed by atoms with Crippen molar-refractivity contribution in [3.8, 4) is 0 Å². The molecule has 0 aliphatic rings. The number of hydrogen-bond donors (Lipinski definition) is 0. The molecule has 0 atom stereocenters. The smallest absolute Gasteiger partial charge is 0.231 e. The van der Waals surface area contributed by atoms with E-state index in [0.717, 1.165) is 17.8 Å². The molecule has 19 heavy (non-hydrogen) atoms. The van der Waals surface area contributed by atoms with Gasteiger partial charge in [0, 0.05) is 17.3 Å². The molecule has 0 spiro atoms. The number of benzene rings is 1. The first-order chi connectivity index (χ1) is 8.88. The molecule has 1 heterocycles. The standard InChI is InChI=1S/C12H8ClF3N2S/c1-7-5-9(13)8(12(14,15)16)6-10(7)19-11-17-3-2-4-18-11/h2-6H,1H3. The SMILES string of the molecule is Cc1cc(Cl)c(C(F)(F)F)cc1Sc1ncccn1. The largest absolute Gasteiger partial charge is 0.417 e. The molecule has 0 radical (unpaired) electrons. The molecular weight excluding hydrogens is 297 g/mol. The van der Waals surface area contributed by atoms with Gasteiger partial charge in [-0.25, -0.2) is 9.97 Å². The molecule has 100 valence electrons. The summed E-state index contributed by atoms with van der Waals surface area (Å²) in [4.78, 5) is 8.37. The van der Waals surface area contributed by atoms with Crippen LogP contribution >= 0.6 is 23.4 Å². The molecule has 0 N–H and O–H groups in total. The van der Waals surface area contributed by atoms with Crippen LogP contribution in [0.1, 0.15) is 11.1 Å². The normalized spacial score (nSPS) is 11.6. The Morgan fingerprint density at radius 3 is 2.37 bits per heavy atom. The maximum absolute atomic E-state index is 12.8. The van der Waals surface area contributed by atoms with Crippen molar-refractivity contribution in [2.75, 3.05) is 0 Å². The lowest BCUT2D eigenvalue weighted by Crippen LogP contribution is -2.06. The van der Waals surface area contributed by atoms with E-state index < -0.39 is 11.7 Å². The number of halogens is 4. The average molecular weight is 305 g/mol. The number of aryl methyl sites for hydroxylation is 1. The van der Waals surface area contributed by atoms with Gasteiger partial charge in [0.15, 0.2) is 5.16 Å². The Kier molecular flexibility index (Phi) is 4.01. The Bertz CT molecular complexity index is 588. The second kappa shape index (κ2) is 5.38. The summed E-state index contributed by atoms with van der Waals surface area (Å²) >= 11 is 6.70. The van der Waals surface area contributed by atoms with E-state index in [2.05, 4.69) is 9.97 Å². The van der Waals surface area contributed by atoms with Gasteiger partial charge in [0.05, 0.1) is 10.6 Å². The zero-order chi connectivity index (χ0) is 14.0. The Labute approximate surface area is 117 Å². The van der Waals surface area contributed by atoms with Gasteiger partial charge in [0.2, 0.25) is 0 Å². The minimum Gasteiger partial charge on any atom is -0.231 e. The van der Waals surface area contributed by atoms with Gasteiger partial charge in [-0.05, 0) is 42.4 Å². The van der Waals surface area contributed by atoms with Gasteiger partial charge >= 0.3 is 6.18 Å². The van der Waals surface area contributed by atoms with E-state index in [1.54, 1.807) is 13.0 Å². The van der Waals surface area contributed by atoms with Gasteiger partial charge in [-0.1, -0.05) is 11.6 Å². The van der Waals surface area contributed by atoms with Crippen LogP contribution in [0.2, 0.25) is 5.02 Å². The van der Waals surface area contributed by atoms with E-state index in [1.807, 2.05) is 0 Å². The van der Waals surface area contributed by atoms with Crippen LogP contribution in [0.5, 0.6) is 0 Å². The van der Waals surface area contributed by atoms with Gasteiger partial charge in [-0.15, -0.1) is 0 Å². The summed E-state index contributed by atoms with van der Waals surface area (Å²) < 4.78 is 38.3. The van der Waals surface area contributed by atoms with Crippen LogP contribution in [0.15, 0.2) is 40.6 Å². The topological polar surface area (TPSA) is 25.8 Å². The number of alkyl halides is 3. The summed E-state index contributed by atoms with van der Waals surface area (Å²) in [6.45, 7) is 1.69. The maximum Gasteiger partial charge on any atom is 0.417 e. The summed E-state index contributed by atoms with van der Waals surface area (Å²) in [7, 11) is 0. The molecule has 0 saturated carbocycles. The highest BCUT2D eigenvalue weighted by Gasteiger charge is 2.33. The zero-order valence-corrected chi connectivity index (χ0v) is 11.3. The van der Waals surface area contributed by atoms with Gasteiger partial charge in [0.1, 0.15) is 0 Å². The first-order valence-electron chi connectivity index (χ1n) is 5.20. The summed E-state index contributed by atoms with van der Waals surface area (Å²) in [5, 5.41) is 0.0874. The van der Waals surface area contributed by atoms with Crippen molar-refractivity contribution in [2.24, 2.45) is 0 Å². The van der Waals surface area contributed by atoms with Crippen LogP contribution < -0.4 is 0 Å². The van der Waals surface area contributed by atoms with Crippen molar-refractivity contribution in [1.29, 1.82) is 0 Å². The minimum atomic E-state index is -4.47. The third-order valence-electron chi connectivity index (χ3n) is 2.31. The fourth-order valence-corrected chi connectivity index (χ4v) is 2.56. The minimum absolute atomic E-state index is 0.302. The average Bonchev–Trinajstić information content (AvgIpc) is 2.32. The molecule has 1 aromatic heterocycles. The predicted molar refractivity (Wildman–Crippen MR) is 67.3 cm³/mol. The lowest BCUT2D eigenvalue weighted by atomic mass is 10.1. The fraction of sp³-hybridized carbons (Fsp3) is 0.167. The Morgan fingerprint density at radius 2 is 1.79 bits per heavy atom. The summed E-state index contributed by atoms with van der Waals surface area (Å²) in [5.41, 5.74) is -0.200. The highest BCUT2D eigenvalue weighted by molar-refractivity contribution is 7.99. The molecule has 0 unspecified atom stereocenters. The van der Waals surface area contributed by atoms with E-state index in [-0.39, 0.29) is 5.02 Å². The summed E-state index contributed by atoms with van der Waals surface area (Å²) in [6.07, 6.45) is -1.41. The van der Waals surface area contributed by atoms with Crippen molar-refractivity contribution in [2.45, 2.75) is 23.2 Å². The van der Waals surface area contributed by atoms with Gasteiger partial charge in [-0.3, -0.25) is 0 Å². The van der Waals surface area contributed by atoms with Crippen LogP contribution in [0, 0.1) is 6.92 Å². The van der Waals surface area contributed by atoms with Crippen molar-refractivity contribution < 1.29 is 13.2 Å². The van der Waals surface area contributed by atoms with Crippen molar-refractivity contribution >= 4 is 23.4 Å². The third-order valence-corrected chi connectivity index (χ3v) is 3.68. The molecule has 0 bridgehead atoms. The third kappa shape index (κ3) is 3.39. The second-order valence-electron chi connectivity index (χ2n) is 3.73. The molecule has 7 heteroatoms. The highest BCUT2D eigenvalue weighted by Crippen LogP contribution is 2.39. The second-order valence-corrected chi connectivity index (χ2v) is 5.15. The molecule has 0 saturated heterocycles. The number of aromatic nitrogens is 2. The first-order valence-corrected chi connectivity index (χ1v) is 6.39. The lowest BCUT2D eigenvalue weighted by molar-refractivity contribution is -0.137. The van der Waals surface area contributed by atoms with Crippen LogP contribution in [0.3, 0.4) is 0 Å². The Balaban J connectivity index is 2.41. The van der Waals surface area contributed by atoms with Crippen molar-refractivity contribution in [1.82, 2.24) is 9.97 Å². The van der Waals surface area contributed by atoms with E-state index >= 15 is 0 Å². The molecule has 0 aliphatic heterocycles. The molecule has 0 aliphatic carbocycles. The van der Waals surface area contributed by atoms with E-state index in [1.165, 1.54) is 18.5 Å². The first kappa shape index (κ1) is 14.1. The Morgan fingerprint density at radius 1 is 1.16 bits per heavy atom. The van der Waals surface area contributed by atoms with E-state index in [9.17, 15) is 13.2 Å². The van der Waals surface area contributed by atoms with Crippen LogP contribution in [-0.2, 0) is 6.18 Å². The number of hydrogen-bond acceptors (Lipinski definition) is 3. The zero-order valence-electron chi connectivity index (χ0n) is 9.70. The Hall–Kier alpha value is -1.27. The summed E-state index contributed by atoms with van der Waals surface area (Å²) in [5.74, 6) is 0. The quantitative estimate of drug-likeness (QED) is 0.758. The molecular formula is C12H8ClF3N2S. The monoisotopic (exact) mass is 304 g/mol. The van der Waals surface area contributed by atoms with Crippen LogP contribution in [0.25, 0.3) is 0 Å². The van der Waals surface area contributed by atoms with Gasteiger partial charge in [-0.2, -0.15) is 13.2 Å². The summed E-state index contributed by atoms with van der Waals surface area (Å²) in [6, 6.07) is 3.97. The van der Waals surface area contributed by atoms with Crippen molar-refractivity contribution in [3.05, 3.63) is 46.7 Å².